The molecule has 1 aliphatic rings. The lowest BCUT2D eigenvalue weighted by atomic mass is 10.1. The van der Waals surface area contributed by atoms with Crippen molar-refractivity contribution in [3.8, 4) is 11.5 Å². The van der Waals surface area contributed by atoms with Crippen LogP contribution in [-0.4, -0.2) is 40.0 Å². The predicted molar refractivity (Wildman–Crippen MR) is 148 cm³/mol. The van der Waals surface area contributed by atoms with Gasteiger partial charge in [-0.05, 0) is 78.7 Å². The van der Waals surface area contributed by atoms with Crippen LogP contribution in [-0.2, 0) is 16.2 Å². The summed E-state index contributed by atoms with van der Waals surface area (Å²) in [7, 11) is 0. The molecule has 0 aliphatic carbocycles. The third kappa shape index (κ3) is 6.82. The number of anilines is 1. The van der Waals surface area contributed by atoms with Crippen LogP contribution in [0.5, 0.6) is 11.5 Å². The van der Waals surface area contributed by atoms with Gasteiger partial charge in [0.1, 0.15) is 13.2 Å². The second-order valence-corrected chi connectivity index (χ2v) is 9.48. The summed E-state index contributed by atoms with van der Waals surface area (Å²) in [4.78, 5) is 49.4. The summed E-state index contributed by atoms with van der Waals surface area (Å²) in [5.74, 6) is -0.138. The molecule has 3 aromatic rings. The van der Waals surface area contributed by atoms with Crippen molar-refractivity contribution in [2.45, 2.75) is 20.5 Å². The van der Waals surface area contributed by atoms with E-state index in [2.05, 4.69) is 5.32 Å². The van der Waals surface area contributed by atoms with Crippen LogP contribution < -0.4 is 14.8 Å². The molecule has 1 heterocycles. The molecule has 0 atom stereocenters. The minimum absolute atomic E-state index is 0.00515. The number of carbonyl (C=O) groups excluding carboxylic acids is 3. The van der Waals surface area contributed by atoms with Gasteiger partial charge in [-0.2, -0.15) is 0 Å². The zero-order valence-electron chi connectivity index (χ0n) is 21.2. The number of benzene rings is 3. The zero-order chi connectivity index (χ0) is 27.9. The molecule has 39 heavy (non-hydrogen) atoms. The van der Waals surface area contributed by atoms with Crippen molar-refractivity contribution in [2.24, 2.45) is 0 Å². The van der Waals surface area contributed by atoms with Gasteiger partial charge in [0.2, 0.25) is 5.91 Å². The molecule has 200 valence electrons. The smallest absolute Gasteiger partial charge is 0.294 e. The summed E-state index contributed by atoms with van der Waals surface area (Å²) < 4.78 is 11.6. The predicted octanol–water partition coefficient (Wildman–Crippen LogP) is 5.56. The average molecular weight is 548 g/mol. The van der Waals surface area contributed by atoms with Crippen molar-refractivity contribution in [3.63, 3.8) is 0 Å². The first kappa shape index (κ1) is 27.4. The molecule has 0 bridgehead atoms. The van der Waals surface area contributed by atoms with Crippen LogP contribution >= 0.6 is 11.8 Å². The number of rotatable bonds is 10. The van der Waals surface area contributed by atoms with Gasteiger partial charge in [-0.25, -0.2) is 0 Å². The topological polar surface area (TPSA) is 128 Å². The highest BCUT2D eigenvalue weighted by molar-refractivity contribution is 8.18. The molecule has 0 aromatic heterocycles. The summed E-state index contributed by atoms with van der Waals surface area (Å²) in [5, 5.41) is 13.0. The van der Waals surface area contributed by atoms with Crippen molar-refractivity contribution in [2.75, 3.05) is 18.5 Å². The molecule has 1 fully saturated rings. The number of amides is 3. The first-order valence-electron chi connectivity index (χ1n) is 12.0. The third-order valence-corrected chi connectivity index (χ3v) is 6.61. The first-order valence-corrected chi connectivity index (χ1v) is 12.8. The number of aryl methyl sites for hydroxylation is 1. The number of ether oxygens (including phenoxy) is 2. The highest BCUT2D eigenvalue weighted by Crippen LogP contribution is 2.35. The Hall–Kier alpha value is -4.64. The van der Waals surface area contributed by atoms with Crippen molar-refractivity contribution >= 4 is 46.3 Å². The number of nitrogens with zero attached hydrogens (tertiary/aromatic N) is 2. The van der Waals surface area contributed by atoms with Gasteiger partial charge in [-0.15, -0.1) is 0 Å². The number of non-ortho nitro benzene ring substituents is 1. The molecule has 3 amide bonds. The Balaban J connectivity index is 1.44. The molecule has 0 spiro atoms. The quantitative estimate of drug-likeness (QED) is 0.199. The number of thioether (sulfide) groups is 1. The van der Waals surface area contributed by atoms with E-state index in [9.17, 15) is 24.5 Å². The Kier molecular flexibility index (Phi) is 8.62. The first-order chi connectivity index (χ1) is 18.7. The lowest BCUT2D eigenvalue weighted by Gasteiger charge is -2.14. The second-order valence-electron chi connectivity index (χ2n) is 8.48. The summed E-state index contributed by atoms with van der Waals surface area (Å²) >= 11 is 0.761. The fraction of sp³-hybridized carbons (Fsp3) is 0.179. The third-order valence-electron chi connectivity index (χ3n) is 5.70. The number of para-hydroxylation sites is 1. The molecular weight excluding hydrogens is 522 g/mol. The molecule has 11 heteroatoms. The maximum atomic E-state index is 12.9. The van der Waals surface area contributed by atoms with E-state index in [-0.39, 0.29) is 17.2 Å². The van der Waals surface area contributed by atoms with Crippen molar-refractivity contribution in [3.05, 3.63) is 98.4 Å². The molecular formula is C28H25N3O7S. The van der Waals surface area contributed by atoms with Crippen molar-refractivity contribution in [1.29, 1.82) is 0 Å². The van der Waals surface area contributed by atoms with Crippen LogP contribution in [0, 0.1) is 17.0 Å². The highest BCUT2D eigenvalue weighted by Gasteiger charge is 2.36. The van der Waals surface area contributed by atoms with E-state index in [1.807, 2.05) is 26.0 Å². The Morgan fingerprint density at radius 2 is 1.79 bits per heavy atom. The van der Waals surface area contributed by atoms with E-state index >= 15 is 0 Å². The van der Waals surface area contributed by atoms with E-state index in [0.717, 1.165) is 27.8 Å². The number of nitro benzene ring substituents is 1. The molecule has 10 nitrogen and oxygen atoms in total. The molecule has 1 N–H and O–H groups in total. The van der Waals surface area contributed by atoms with Gasteiger partial charge in [-0.1, -0.05) is 24.3 Å². The average Bonchev–Trinajstić information content (AvgIpc) is 3.17. The maximum absolute atomic E-state index is 12.9. The number of hydrogen-bond donors (Lipinski definition) is 1. The van der Waals surface area contributed by atoms with Crippen molar-refractivity contribution in [1.82, 2.24) is 4.90 Å². The largest absolute Gasteiger partial charge is 0.490 e. The lowest BCUT2D eigenvalue weighted by Crippen LogP contribution is -2.36. The molecule has 0 unspecified atom stereocenters. The van der Waals surface area contributed by atoms with E-state index < -0.39 is 28.5 Å². The van der Waals surface area contributed by atoms with Crippen LogP contribution in [0.15, 0.2) is 71.6 Å². The lowest BCUT2D eigenvalue weighted by molar-refractivity contribution is -0.384. The summed E-state index contributed by atoms with van der Waals surface area (Å²) in [6.07, 6.45) is 1.56. The van der Waals surface area contributed by atoms with Crippen LogP contribution in [0.2, 0.25) is 0 Å². The summed E-state index contributed by atoms with van der Waals surface area (Å²) in [6.45, 7) is 3.81. The minimum atomic E-state index is -0.554. The number of hydrogen-bond acceptors (Lipinski definition) is 8. The van der Waals surface area contributed by atoms with Gasteiger partial charge < -0.3 is 14.8 Å². The van der Waals surface area contributed by atoms with E-state index in [0.29, 0.717) is 29.4 Å². The van der Waals surface area contributed by atoms with Crippen molar-refractivity contribution < 1.29 is 28.8 Å². The van der Waals surface area contributed by atoms with Gasteiger partial charge in [0.25, 0.3) is 16.8 Å². The Bertz CT molecular complexity index is 1450. The normalized spacial score (nSPS) is 14.0. The van der Waals surface area contributed by atoms with Crippen LogP contribution in [0.4, 0.5) is 16.2 Å². The number of nitrogens with one attached hydrogen (secondary N) is 1. The molecule has 1 saturated heterocycles. The van der Waals surface area contributed by atoms with Crippen LogP contribution in [0.3, 0.4) is 0 Å². The van der Waals surface area contributed by atoms with Crippen LogP contribution in [0.25, 0.3) is 6.08 Å². The highest BCUT2D eigenvalue weighted by atomic mass is 32.2. The molecule has 0 radical (unpaired) electrons. The van der Waals surface area contributed by atoms with Crippen LogP contribution in [0.1, 0.15) is 23.6 Å². The van der Waals surface area contributed by atoms with Gasteiger partial charge >= 0.3 is 0 Å². The monoisotopic (exact) mass is 547 g/mol. The Morgan fingerprint density at radius 3 is 2.49 bits per heavy atom. The number of nitro groups is 1. The van der Waals surface area contributed by atoms with E-state index in [1.165, 1.54) is 12.1 Å². The Labute approximate surface area is 228 Å². The van der Waals surface area contributed by atoms with Gasteiger partial charge in [-0.3, -0.25) is 29.4 Å². The maximum Gasteiger partial charge on any atom is 0.294 e. The molecule has 1 aliphatic heterocycles. The van der Waals surface area contributed by atoms with E-state index in [1.54, 1.807) is 48.5 Å². The minimum Gasteiger partial charge on any atom is -0.490 e. The van der Waals surface area contributed by atoms with E-state index in [4.69, 9.17) is 9.47 Å². The molecule has 4 rings (SSSR count). The molecule has 0 saturated carbocycles. The van der Waals surface area contributed by atoms with Gasteiger partial charge in [0.15, 0.2) is 11.5 Å². The fourth-order valence-corrected chi connectivity index (χ4v) is 4.55. The Morgan fingerprint density at radius 1 is 1.05 bits per heavy atom. The number of carbonyl (C=O) groups is 3. The van der Waals surface area contributed by atoms with Gasteiger partial charge in [0, 0.05) is 17.8 Å². The second kappa shape index (κ2) is 12.3. The SMILES string of the molecule is CCOc1cc(/C=C2/SC(=O)N(CC(=O)Nc3ccccc3C)C2=O)ccc1OCc1ccc([N+](=O)[O-])cc1. The standard InChI is InChI=1S/C28H25N3O7S/c1-3-37-24-14-20(10-13-23(24)38-17-19-8-11-21(12-9-19)31(35)36)15-25-27(33)30(28(34)39-25)16-26(32)29-22-7-5-4-6-18(22)2/h4-15H,3,16-17H2,1-2H3,(H,29,32)/b25-15+. The summed E-state index contributed by atoms with van der Waals surface area (Å²) in [5.41, 5.74) is 2.83. The zero-order valence-corrected chi connectivity index (χ0v) is 22.0. The fourth-order valence-electron chi connectivity index (χ4n) is 3.71. The summed E-state index contributed by atoms with van der Waals surface area (Å²) in [6, 6.07) is 18.4. The molecule has 3 aromatic carbocycles. The van der Waals surface area contributed by atoms with Gasteiger partial charge in [0.05, 0.1) is 16.4 Å². The number of imide groups is 1.